The molecule has 2 heteroatoms. The molecule has 0 fully saturated rings. The van der Waals surface area contributed by atoms with Gasteiger partial charge in [-0.15, -0.1) is 0 Å². The van der Waals surface area contributed by atoms with Crippen molar-refractivity contribution in [1.29, 1.82) is 0 Å². The van der Waals surface area contributed by atoms with Gasteiger partial charge in [-0.25, -0.2) is 0 Å². The van der Waals surface area contributed by atoms with Crippen molar-refractivity contribution in [3.63, 3.8) is 0 Å². The summed E-state index contributed by atoms with van der Waals surface area (Å²) in [6.45, 7) is 6.21. The normalized spacial score (nSPS) is 13.8. The Labute approximate surface area is 121 Å². The lowest BCUT2D eigenvalue weighted by atomic mass is 10.0. The van der Waals surface area contributed by atoms with Gasteiger partial charge in [0.15, 0.2) is 0 Å². The summed E-state index contributed by atoms with van der Waals surface area (Å²) in [7, 11) is 0. The molecule has 2 N–H and O–H groups in total. The van der Waals surface area contributed by atoms with Gasteiger partial charge in [0.2, 0.25) is 0 Å². The molecule has 2 aromatic rings. The molecule has 2 rings (SSSR count). The van der Waals surface area contributed by atoms with Crippen molar-refractivity contribution in [2.75, 3.05) is 0 Å². The smallest absolute Gasteiger partial charge is 0.138 e. The maximum Gasteiger partial charge on any atom is 0.138 e. The SMILES string of the molecule is CCc1ccc(OC(c2cccc(C)c2)C(C)N)cc1. The monoisotopic (exact) mass is 269 g/mol. The number of aryl methyl sites for hydroxylation is 2. The second-order valence-electron chi connectivity index (χ2n) is 5.31. The molecular weight excluding hydrogens is 246 g/mol. The highest BCUT2D eigenvalue weighted by Crippen LogP contribution is 2.25. The van der Waals surface area contributed by atoms with Gasteiger partial charge in [0.1, 0.15) is 11.9 Å². The topological polar surface area (TPSA) is 35.2 Å². The van der Waals surface area contributed by atoms with E-state index in [1.807, 2.05) is 25.1 Å². The van der Waals surface area contributed by atoms with Crippen molar-refractivity contribution in [3.05, 3.63) is 65.2 Å². The van der Waals surface area contributed by atoms with Gasteiger partial charge in [-0.1, -0.05) is 48.9 Å². The molecule has 0 spiro atoms. The number of benzene rings is 2. The fourth-order valence-electron chi connectivity index (χ4n) is 2.28. The Hall–Kier alpha value is -1.80. The van der Waals surface area contributed by atoms with Crippen LogP contribution in [0.15, 0.2) is 48.5 Å². The van der Waals surface area contributed by atoms with E-state index in [4.69, 9.17) is 10.5 Å². The molecule has 2 nitrogen and oxygen atoms in total. The van der Waals surface area contributed by atoms with Crippen LogP contribution in [0.1, 0.15) is 36.6 Å². The molecular formula is C18H23NO. The standard InChI is InChI=1S/C18H23NO/c1-4-15-8-10-17(11-9-15)20-18(14(3)19)16-7-5-6-13(2)12-16/h5-12,14,18H,4,19H2,1-3H3. The highest BCUT2D eigenvalue weighted by Gasteiger charge is 2.18. The molecule has 0 heterocycles. The molecule has 20 heavy (non-hydrogen) atoms. The van der Waals surface area contributed by atoms with Crippen LogP contribution in [-0.2, 0) is 6.42 Å². The van der Waals surface area contributed by atoms with E-state index in [-0.39, 0.29) is 12.1 Å². The third kappa shape index (κ3) is 3.61. The minimum Gasteiger partial charge on any atom is -0.484 e. The first-order chi connectivity index (χ1) is 9.60. The van der Waals surface area contributed by atoms with Crippen LogP contribution in [0.5, 0.6) is 5.75 Å². The summed E-state index contributed by atoms with van der Waals surface area (Å²) < 4.78 is 6.09. The molecule has 2 aromatic carbocycles. The van der Waals surface area contributed by atoms with Crippen LogP contribution in [0.2, 0.25) is 0 Å². The van der Waals surface area contributed by atoms with E-state index in [0.717, 1.165) is 17.7 Å². The number of hydrogen-bond donors (Lipinski definition) is 1. The fourth-order valence-corrected chi connectivity index (χ4v) is 2.28. The lowest BCUT2D eigenvalue weighted by Crippen LogP contribution is -2.29. The van der Waals surface area contributed by atoms with Crippen molar-refractivity contribution in [2.45, 2.75) is 39.3 Å². The minimum absolute atomic E-state index is 0.0670. The van der Waals surface area contributed by atoms with Crippen LogP contribution in [0, 0.1) is 6.92 Å². The van der Waals surface area contributed by atoms with Crippen LogP contribution in [0.4, 0.5) is 0 Å². The number of ether oxygens (including phenoxy) is 1. The zero-order chi connectivity index (χ0) is 14.5. The summed E-state index contributed by atoms with van der Waals surface area (Å²) in [5, 5.41) is 0. The van der Waals surface area contributed by atoms with Gasteiger partial charge >= 0.3 is 0 Å². The lowest BCUT2D eigenvalue weighted by Gasteiger charge is -2.23. The van der Waals surface area contributed by atoms with Gasteiger partial charge in [0.05, 0.1) is 0 Å². The van der Waals surface area contributed by atoms with Gasteiger partial charge < -0.3 is 10.5 Å². The molecule has 0 saturated carbocycles. The van der Waals surface area contributed by atoms with E-state index in [0.29, 0.717) is 0 Å². The zero-order valence-electron chi connectivity index (χ0n) is 12.5. The molecule has 0 aliphatic heterocycles. The molecule has 2 atom stereocenters. The van der Waals surface area contributed by atoms with E-state index in [1.165, 1.54) is 11.1 Å². The summed E-state index contributed by atoms with van der Waals surface area (Å²) in [5.74, 6) is 0.867. The molecule has 0 bridgehead atoms. The Kier molecular flexibility index (Phi) is 4.80. The van der Waals surface area contributed by atoms with E-state index >= 15 is 0 Å². The number of hydrogen-bond acceptors (Lipinski definition) is 2. The average Bonchev–Trinajstić information content (AvgIpc) is 2.45. The second kappa shape index (κ2) is 6.58. The highest BCUT2D eigenvalue weighted by atomic mass is 16.5. The first kappa shape index (κ1) is 14.6. The van der Waals surface area contributed by atoms with Crippen LogP contribution in [-0.4, -0.2) is 6.04 Å². The maximum atomic E-state index is 6.10. The van der Waals surface area contributed by atoms with E-state index < -0.39 is 0 Å². The average molecular weight is 269 g/mol. The highest BCUT2D eigenvalue weighted by molar-refractivity contribution is 5.30. The fraction of sp³-hybridized carbons (Fsp3) is 0.333. The predicted molar refractivity (Wildman–Crippen MR) is 84.0 cm³/mol. The maximum absolute atomic E-state index is 6.10. The first-order valence-electron chi connectivity index (χ1n) is 7.18. The summed E-state index contributed by atoms with van der Waals surface area (Å²) in [4.78, 5) is 0. The number of rotatable bonds is 5. The summed E-state index contributed by atoms with van der Waals surface area (Å²) >= 11 is 0. The third-order valence-corrected chi connectivity index (χ3v) is 3.44. The molecule has 106 valence electrons. The molecule has 0 saturated heterocycles. The molecule has 2 unspecified atom stereocenters. The lowest BCUT2D eigenvalue weighted by molar-refractivity contribution is 0.180. The third-order valence-electron chi connectivity index (χ3n) is 3.44. The molecule has 0 amide bonds. The second-order valence-corrected chi connectivity index (χ2v) is 5.31. The van der Waals surface area contributed by atoms with Crippen molar-refractivity contribution in [3.8, 4) is 5.75 Å². The predicted octanol–water partition coefficient (Wildman–Crippen LogP) is 4.02. The van der Waals surface area contributed by atoms with Crippen LogP contribution >= 0.6 is 0 Å². The largest absolute Gasteiger partial charge is 0.484 e. The molecule has 0 aromatic heterocycles. The Morgan fingerprint density at radius 3 is 2.35 bits per heavy atom. The van der Waals surface area contributed by atoms with Gasteiger partial charge in [-0.2, -0.15) is 0 Å². The zero-order valence-corrected chi connectivity index (χ0v) is 12.5. The van der Waals surface area contributed by atoms with Gasteiger partial charge in [-0.05, 0) is 43.5 Å². The summed E-state index contributed by atoms with van der Waals surface area (Å²) in [5.41, 5.74) is 9.75. The van der Waals surface area contributed by atoms with Crippen LogP contribution < -0.4 is 10.5 Å². The van der Waals surface area contributed by atoms with Crippen molar-refractivity contribution in [2.24, 2.45) is 5.73 Å². The summed E-state index contributed by atoms with van der Waals surface area (Å²) in [6, 6.07) is 16.5. The minimum atomic E-state index is -0.123. The Bertz CT molecular complexity index is 546. The van der Waals surface area contributed by atoms with Crippen molar-refractivity contribution in [1.82, 2.24) is 0 Å². The number of nitrogens with two attached hydrogens (primary N) is 1. The Morgan fingerprint density at radius 1 is 1.10 bits per heavy atom. The van der Waals surface area contributed by atoms with Gasteiger partial charge in [-0.3, -0.25) is 0 Å². The molecule has 0 aliphatic carbocycles. The van der Waals surface area contributed by atoms with E-state index in [9.17, 15) is 0 Å². The summed E-state index contributed by atoms with van der Waals surface area (Å²) in [6.07, 6.45) is 0.914. The molecule has 0 radical (unpaired) electrons. The Balaban J connectivity index is 2.21. The Morgan fingerprint density at radius 2 is 1.80 bits per heavy atom. The van der Waals surface area contributed by atoms with Gasteiger partial charge in [0, 0.05) is 6.04 Å². The first-order valence-corrected chi connectivity index (χ1v) is 7.18. The quantitative estimate of drug-likeness (QED) is 0.889. The van der Waals surface area contributed by atoms with Crippen molar-refractivity contribution < 1.29 is 4.74 Å². The van der Waals surface area contributed by atoms with Crippen molar-refractivity contribution >= 4 is 0 Å². The van der Waals surface area contributed by atoms with E-state index in [2.05, 4.69) is 44.2 Å². The van der Waals surface area contributed by atoms with E-state index in [1.54, 1.807) is 0 Å². The van der Waals surface area contributed by atoms with Crippen LogP contribution in [0.25, 0.3) is 0 Å². The van der Waals surface area contributed by atoms with Crippen LogP contribution in [0.3, 0.4) is 0 Å². The molecule has 0 aliphatic rings. The van der Waals surface area contributed by atoms with Gasteiger partial charge in [0.25, 0.3) is 0 Å².